The number of benzene rings is 16. The highest BCUT2D eigenvalue weighted by molar-refractivity contribution is 9.11. The number of hydrogen-bond donors (Lipinski definition) is 0. The molecular weight excluding hydrogens is 1500 g/mol. The second kappa shape index (κ2) is 31.8. The van der Waals surface area contributed by atoms with Gasteiger partial charge in [0.15, 0.2) is 6.29 Å². The van der Waals surface area contributed by atoms with Gasteiger partial charge in [-0.3, -0.25) is 4.79 Å². The first-order valence-electron chi connectivity index (χ1n) is 36.5. The number of fused-ring (bicyclic) bond motifs is 14. The van der Waals surface area contributed by atoms with Crippen LogP contribution in [0.2, 0.25) is 0 Å². The Kier molecular flexibility index (Phi) is 20.8. The molecule has 0 fully saturated rings. The SMILES string of the molecule is Brc1cc2ccccc2cc1-c1ccc2c(c1)C=CC2.Brc1ccc2c(c1)C=CC2.C1=Cc2c(ccc3c2ccc2cc4ccccc4cc23)C1.COC=Cc1cc2ccccc2cc1-c1ccc2c(c1)C=CC2.Cc1cc2ccccc2cc1Br.O=Cc1cc2ccccc2cc1-c1ccc2c(c1)C=CC2. The van der Waals surface area contributed by atoms with Crippen molar-refractivity contribution in [1.29, 1.82) is 0 Å². The Morgan fingerprint density at radius 2 is 0.692 bits per heavy atom. The van der Waals surface area contributed by atoms with Gasteiger partial charge in [-0.05, 0) is 306 Å². The topological polar surface area (TPSA) is 26.3 Å². The molecule has 5 aliphatic carbocycles. The Bertz CT molecular complexity index is 6320. The zero-order chi connectivity index (χ0) is 72.7. The number of hydrogen-bond acceptors (Lipinski definition) is 2. The van der Waals surface area contributed by atoms with Crippen LogP contribution in [-0.2, 0) is 36.8 Å². The van der Waals surface area contributed by atoms with Gasteiger partial charge in [0.25, 0.3) is 0 Å². The number of rotatable bonds is 6. The zero-order valence-corrected chi connectivity index (χ0v) is 64.3. The van der Waals surface area contributed by atoms with Crippen LogP contribution in [-0.4, -0.2) is 13.4 Å². The van der Waals surface area contributed by atoms with Crippen LogP contribution in [0.25, 0.3) is 145 Å². The largest absolute Gasteiger partial charge is 0.504 e. The second-order valence-corrected chi connectivity index (χ2v) is 30.3. The number of carbonyl (C=O) groups excluding carboxylic acids is 1. The van der Waals surface area contributed by atoms with Crippen molar-refractivity contribution in [3.8, 4) is 33.4 Å². The lowest BCUT2D eigenvalue weighted by atomic mass is 9.93. The molecule has 2 nitrogen and oxygen atoms in total. The number of halogens is 3. The maximum absolute atomic E-state index is 11.5. The van der Waals surface area contributed by atoms with Crippen LogP contribution in [0, 0.1) is 6.92 Å². The zero-order valence-electron chi connectivity index (χ0n) is 59.5. The van der Waals surface area contributed by atoms with E-state index in [0.717, 1.165) is 74.8 Å². The number of aryl methyl sites for hydroxylation is 1. The molecule has 0 aromatic heterocycles. The molecule has 0 unspecified atom stereocenters. The van der Waals surface area contributed by atoms with Gasteiger partial charge in [0.05, 0.1) is 13.4 Å². The molecule has 0 aliphatic heterocycles. The minimum absolute atomic E-state index is 0.746. The fourth-order valence-electron chi connectivity index (χ4n) is 15.2. The van der Waals surface area contributed by atoms with E-state index < -0.39 is 0 Å². The van der Waals surface area contributed by atoms with Crippen molar-refractivity contribution in [3.05, 3.63) is 401 Å². The van der Waals surface area contributed by atoms with E-state index in [1.54, 1.807) is 13.4 Å². The lowest BCUT2D eigenvalue weighted by Crippen LogP contribution is -1.90. The van der Waals surface area contributed by atoms with E-state index in [4.69, 9.17) is 4.74 Å². The van der Waals surface area contributed by atoms with Gasteiger partial charge in [0.2, 0.25) is 0 Å². The smallest absolute Gasteiger partial charge is 0.150 e. The average molecular weight is 1570 g/mol. The summed E-state index contributed by atoms with van der Waals surface area (Å²) in [6, 6.07) is 99.6. The quantitative estimate of drug-likeness (QED) is 0.0718. The summed E-state index contributed by atoms with van der Waals surface area (Å²) >= 11 is 10.7. The number of allylic oxidation sites excluding steroid dienone is 5. The lowest BCUT2D eigenvalue weighted by Gasteiger charge is -2.11. The number of aldehydes is 1. The Morgan fingerprint density at radius 1 is 0.308 bits per heavy atom. The van der Waals surface area contributed by atoms with E-state index in [0.29, 0.717) is 0 Å². The molecule has 0 heterocycles. The molecule has 107 heavy (non-hydrogen) atoms. The molecule has 516 valence electrons. The fourth-order valence-corrected chi connectivity index (χ4v) is 16.5. The van der Waals surface area contributed by atoms with Crippen LogP contribution in [0.5, 0.6) is 0 Å². The lowest BCUT2D eigenvalue weighted by molar-refractivity contribution is 0.112. The van der Waals surface area contributed by atoms with Crippen molar-refractivity contribution < 1.29 is 9.53 Å². The van der Waals surface area contributed by atoms with Crippen LogP contribution in [0.4, 0.5) is 0 Å². The fraction of sp³-hybridized carbons (Fsp3) is 0.0686. The number of ether oxygens (including phenoxy) is 1. The summed E-state index contributed by atoms with van der Waals surface area (Å²) in [7, 11) is 1.68. The molecule has 0 radical (unpaired) electrons. The third kappa shape index (κ3) is 15.4. The summed E-state index contributed by atoms with van der Waals surface area (Å²) in [6.45, 7) is 2.11. The van der Waals surface area contributed by atoms with E-state index in [1.165, 1.54) is 158 Å². The Hall–Kier alpha value is -11.3. The van der Waals surface area contributed by atoms with E-state index in [-0.39, 0.29) is 0 Å². The van der Waals surface area contributed by atoms with Gasteiger partial charge in [0.1, 0.15) is 0 Å². The van der Waals surface area contributed by atoms with E-state index in [2.05, 4.69) is 370 Å². The highest BCUT2D eigenvalue weighted by atomic mass is 79.9. The normalized spacial score (nSPS) is 12.7. The third-order valence-electron chi connectivity index (χ3n) is 20.9. The molecule has 16 aromatic rings. The first kappa shape index (κ1) is 70.0. The van der Waals surface area contributed by atoms with Crippen molar-refractivity contribution in [1.82, 2.24) is 0 Å². The molecule has 0 saturated heterocycles. The van der Waals surface area contributed by atoms with Gasteiger partial charge >= 0.3 is 0 Å². The third-order valence-corrected chi connectivity index (χ3v) is 22.9. The van der Waals surface area contributed by atoms with E-state index in [1.807, 2.05) is 30.3 Å². The van der Waals surface area contributed by atoms with Gasteiger partial charge in [-0.1, -0.05) is 303 Å². The molecule has 0 N–H and O–H groups in total. The Morgan fingerprint density at radius 3 is 1.21 bits per heavy atom. The van der Waals surface area contributed by atoms with Crippen molar-refractivity contribution in [3.63, 3.8) is 0 Å². The summed E-state index contributed by atoms with van der Waals surface area (Å²) < 4.78 is 8.63. The molecule has 16 aromatic carbocycles. The molecule has 0 bridgehead atoms. The molecule has 5 aliphatic rings. The highest BCUT2D eigenvalue weighted by Gasteiger charge is 2.16. The van der Waals surface area contributed by atoms with Gasteiger partial charge in [-0.2, -0.15) is 0 Å². The standard InChI is InChI=1S/C22H18O.C21H14.C20H14O.C19H13Br.C11H9Br.C9H7Br/c1-23-12-11-21-14-18-5-2-3-6-19(18)15-22(21)20-10-9-16-7-4-8-17(16)13-20;1-2-5-16-13-21-17(12-15(16)4-1)9-11-19-18-7-3-6-14(18)8-10-20(19)21;21-13-19-11-16-4-1-2-5-17(16)12-20(19)18-9-8-14-6-3-7-15(14)10-18;20-19-12-16-5-2-1-4-15(16)11-18(19)17-9-8-13-6-3-7-14(13)10-17;1-8-6-9-4-2-3-5-10(9)7-11(8)12;10-9-5-4-7-2-1-3-8(7)6-9/h2-6,8-15H,7H2,1H3;2*1-5,7-13H,6H2;1-5,7-12H,6H2;2-7H,1H3;1,3-6H,2H2. The van der Waals surface area contributed by atoms with Crippen LogP contribution < -0.4 is 0 Å². The molecular formula is C102H75Br3O2. The first-order valence-corrected chi connectivity index (χ1v) is 38.8. The minimum atomic E-state index is 0.746. The predicted octanol–water partition coefficient (Wildman–Crippen LogP) is 29.1. The molecule has 0 atom stereocenters. The maximum Gasteiger partial charge on any atom is 0.150 e. The summed E-state index contributed by atoms with van der Waals surface area (Å²) in [5, 5.41) is 17.9. The maximum atomic E-state index is 11.5. The van der Waals surface area contributed by atoms with Gasteiger partial charge < -0.3 is 4.74 Å². The molecule has 21 rings (SSSR count). The Balaban J connectivity index is 0.000000100. The van der Waals surface area contributed by atoms with E-state index in [9.17, 15) is 4.79 Å². The van der Waals surface area contributed by atoms with Gasteiger partial charge in [-0.25, -0.2) is 0 Å². The van der Waals surface area contributed by atoms with Crippen LogP contribution in [0.3, 0.4) is 0 Å². The number of methoxy groups -OCH3 is 1. The summed E-state index contributed by atoms with van der Waals surface area (Å²) in [5.74, 6) is 0. The van der Waals surface area contributed by atoms with Crippen LogP contribution >= 0.6 is 47.8 Å². The van der Waals surface area contributed by atoms with Crippen molar-refractivity contribution >= 4 is 166 Å². The number of carbonyl (C=O) groups is 1. The van der Waals surface area contributed by atoms with Crippen LogP contribution in [0.1, 0.15) is 77.1 Å². The molecule has 0 spiro atoms. The highest BCUT2D eigenvalue weighted by Crippen LogP contribution is 2.39. The summed E-state index contributed by atoms with van der Waals surface area (Å²) in [4.78, 5) is 11.5. The van der Waals surface area contributed by atoms with Crippen molar-refractivity contribution in [2.24, 2.45) is 0 Å². The Labute approximate surface area is 651 Å². The van der Waals surface area contributed by atoms with Crippen molar-refractivity contribution in [2.75, 3.05) is 7.11 Å². The first-order chi connectivity index (χ1) is 52.5. The van der Waals surface area contributed by atoms with E-state index >= 15 is 0 Å². The predicted molar refractivity (Wildman–Crippen MR) is 470 cm³/mol. The molecule has 5 heteroatoms. The van der Waals surface area contributed by atoms with Gasteiger partial charge in [0, 0.05) is 19.0 Å². The average Bonchev–Trinajstić information content (AvgIpc) is 1.73. The monoisotopic (exact) mass is 1570 g/mol. The molecule has 0 saturated carbocycles. The second-order valence-electron chi connectivity index (χ2n) is 27.7. The van der Waals surface area contributed by atoms with Crippen LogP contribution in [0.15, 0.2) is 329 Å². The van der Waals surface area contributed by atoms with Crippen molar-refractivity contribution in [2.45, 2.75) is 39.0 Å². The minimum Gasteiger partial charge on any atom is -0.504 e. The summed E-state index contributed by atoms with van der Waals surface area (Å²) in [5.41, 5.74) is 24.1. The van der Waals surface area contributed by atoms with Gasteiger partial charge in [-0.15, -0.1) is 0 Å². The molecule has 0 amide bonds. The summed E-state index contributed by atoms with van der Waals surface area (Å²) in [6.07, 6.45) is 32.1.